The molecule has 0 atom stereocenters. The molecule has 2 heteroatoms. The lowest BCUT2D eigenvalue weighted by atomic mass is 10.0. The quantitative estimate of drug-likeness (QED) is 0.686. The highest BCUT2D eigenvalue weighted by atomic mass is 15.1. The van der Waals surface area contributed by atoms with Gasteiger partial charge in [-0.05, 0) is 31.6 Å². The summed E-state index contributed by atoms with van der Waals surface area (Å²) in [6.45, 7) is 5.30. The summed E-state index contributed by atoms with van der Waals surface area (Å²) < 4.78 is 0. The predicted octanol–water partition coefficient (Wildman–Crippen LogP) is 2.46. The molecule has 14 heavy (non-hydrogen) atoms. The van der Waals surface area contributed by atoms with E-state index in [0.29, 0.717) is 6.04 Å². The molecule has 1 aromatic carbocycles. The van der Waals surface area contributed by atoms with Gasteiger partial charge in [-0.1, -0.05) is 12.1 Å². The van der Waals surface area contributed by atoms with Crippen molar-refractivity contribution in [2.75, 3.05) is 5.73 Å². The normalized spacial score (nSPS) is 14.6. The Bertz CT molecular complexity index is 367. The number of fused-ring (bicyclic) bond motifs is 1. The Morgan fingerprint density at radius 1 is 1.36 bits per heavy atom. The van der Waals surface area contributed by atoms with Crippen molar-refractivity contribution in [1.82, 2.24) is 4.90 Å². The average molecular weight is 188 g/mol. The van der Waals surface area contributed by atoms with Crippen LogP contribution in [0.3, 0.4) is 0 Å². The summed E-state index contributed by atoms with van der Waals surface area (Å²) >= 11 is 0. The van der Waals surface area contributed by atoms with Gasteiger partial charge in [0.05, 0.1) is 0 Å². The fourth-order valence-electron chi connectivity index (χ4n) is 1.73. The molecule has 2 rings (SSSR count). The SMILES string of the molecule is CC(C)N1C=Cc2cccc(N)c2C1. The topological polar surface area (TPSA) is 29.3 Å². The maximum atomic E-state index is 5.94. The largest absolute Gasteiger partial charge is 0.398 e. The molecule has 1 heterocycles. The van der Waals surface area contributed by atoms with Crippen LogP contribution in [0.25, 0.3) is 6.08 Å². The van der Waals surface area contributed by atoms with Crippen molar-refractivity contribution in [1.29, 1.82) is 0 Å². The molecule has 0 saturated carbocycles. The van der Waals surface area contributed by atoms with Crippen LogP contribution < -0.4 is 5.73 Å². The second-order valence-electron chi connectivity index (χ2n) is 4.00. The zero-order valence-electron chi connectivity index (χ0n) is 8.70. The van der Waals surface area contributed by atoms with E-state index in [2.05, 4.69) is 37.1 Å². The third kappa shape index (κ3) is 1.48. The van der Waals surface area contributed by atoms with Gasteiger partial charge in [0.2, 0.25) is 0 Å². The van der Waals surface area contributed by atoms with Crippen LogP contribution in [0.2, 0.25) is 0 Å². The van der Waals surface area contributed by atoms with E-state index in [1.54, 1.807) is 0 Å². The lowest BCUT2D eigenvalue weighted by Crippen LogP contribution is -2.27. The van der Waals surface area contributed by atoms with E-state index in [0.717, 1.165) is 12.2 Å². The Balaban J connectivity index is 2.37. The summed E-state index contributed by atoms with van der Waals surface area (Å²) in [7, 11) is 0. The van der Waals surface area contributed by atoms with Crippen molar-refractivity contribution in [2.24, 2.45) is 0 Å². The monoisotopic (exact) mass is 188 g/mol. The van der Waals surface area contributed by atoms with Gasteiger partial charge in [-0.15, -0.1) is 0 Å². The van der Waals surface area contributed by atoms with Crippen molar-refractivity contribution in [2.45, 2.75) is 26.4 Å². The molecule has 0 bridgehead atoms. The molecule has 0 amide bonds. The van der Waals surface area contributed by atoms with Gasteiger partial charge in [0.15, 0.2) is 0 Å². The van der Waals surface area contributed by atoms with Gasteiger partial charge in [-0.3, -0.25) is 0 Å². The van der Waals surface area contributed by atoms with Crippen molar-refractivity contribution in [3.63, 3.8) is 0 Å². The Morgan fingerprint density at radius 3 is 2.86 bits per heavy atom. The van der Waals surface area contributed by atoms with E-state index in [9.17, 15) is 0 Å². The molecule has 2 N–H and O–H groups in total. The van der Waals surface area contributed by atoms with E-state index in [-0.39, 0.29) is 0 Å². The highest BCUT2D eigenvalue weighted by Crippen LogP contribution is 2.25. The van der Waals surface area contributed by atoms with E-state index < -0.39 is 0 Å². The number of hydrogen-bond donors (Lipinski definition) is 1. The van der Waals surface area contributed by atoms with Crippen LogP contribution in [0.5, 0.6) is 0 Å². The summed E-state index contributed by atoms with van der Waals surface area (Å²) in [4.78, 5) is 2.29. The number of anilines is 1. The molecule has 1 aliphatic heterocycles. The van der Waals surface area contributed by atoms with Gasteiger partial charge in [0.1, 0.15) is 0 Å². The Kier molecular flexibility index (Phi) is 2.20. The fraction of sp³-hybridized carbons (Fsp3) is 0.333. The molecule has 0 saturated heterocycles. The Hall–Kier alpha value is -1.44. The second-order valence-corrected chi connectivity index (χ2v) is 4.00. The first kappa shape index (κ1) is 9.13. The molecule has 2 nitrogen and oxygen atoms in total. The average Bonchev–Trinajstić information content (AvgIpc) is 2.18. The third-order valence-electron chi connectivity index (χ3n) is 2.70. The van der Waals surface area contributed by atoms with Gasteiger partial charge < -0.3 is 10.6 Å². The minimum absolute atomic E-state index is 0.527. The molecule has 0 radical (unpaired) electrons. The van der Waals surface area contributed by atoms with Gasteiger partial charge in [-0.2, -0.15) is 0 Å². The highest BCUT2D eigenvalue weighted by molar-refractivity contribution is 5.64. The van der Waals surface area contributed by atoms with Gasteiger partial charge >= 0.3 is 0 Å². The lowest BCUT2D eigenvalue weighted by Gasteiger charge is -2.29. The number of nitrogens with zero attached hydrogens (tertiary/aromatic N) is 1. The first-order chi connectivity index (χ1) is 6.68. The third-order valence-corrected chi connectivity index (χ3v) is 2.70. The zero-order chi connectivity index (χ0) is 10.1. The summed E-state index contributed by atoms with van der Waals surface area (Å²) in [5.74, 6) is 0. The van der Waals surface area contributed by atoms with Crippen molar-refractivity contribution < 1.29 is 0 Å². The smallest absolute Gasteiger partial charge is 0.0453 e. The molecule has 0 unspecified atom stereocenters. The van der Waals surface area contributed by atoms with Crippen LogP contribution in [-0.4, -0.2) is 10.9 Å². The molecular weight excluding hydrogens is 172 g/mol. The van der Waals surface area contributed by atoms with Crippen molar-refractivity contribution in [3.05, 3.63) is 35.5 Å². The molecule has 0 aliphatic carbocycles. The maximum absolute atomic E-state index is 5.94. The van der Waals surface area contributed by atoms with Crippen molar-refractivity contribution in [3.8, 4) is 0 Å². The van der Waals surface area contributed by atoms with E-state index in [4.69, 9.17) is 5.73 Å². The number of nitrogens with two attached hydrogens (primary N) is 1. The van der Waals surface area contributed by atoms with E-state index in [1.807, 2.05) is 12.1 Å². The molecule has 74 valence electrons. The van der Waals surface area contributed by atoms with Gasteiger partial charge in [0, 0.05) is 30.0 Å². The van der Waals surface area contributed by atoms with E-state index >= 15 is 0 Å². The summed E-state index contributed by atoms with van der Waals surface area (Å²) in [6.07, 6.45) is 4.28. The first-order valence-electron chi connectivity index (χ1n) is 5.00. The lowest BCUT2D eigenvalue weighted by molar-refractivity contribution is 0.302. The minimum Gasteiger partial charge on any atom is -0.398 e. The van der Waals surface area contributed by atoms with Gasteiger partial charge in [0.25, 0.3) is 0 Å². The molecule has 0 aromatic heterocycles. The number of benzene rings is 1. The van der Waals surface area contributed by atoms with Gasteiger partial charge in [-0.25, -0.2) is 0 Å². The van der Waals surface area contributed by atoms with Crippen LogP contribution in [-0.2, 0) is 6.54 Å². The first-order valence-corrected chi connectivity index (χ1v) is 5.00. The van der Waals surface area contributed by atoms with Crippen LogP contribution in [0.4, 0.5) is 5.69 Å². The number of nitrogen functional groups attached to an aromatic ring is 1. The Labute approximate surface area is 85.0 Å². The van der Waals surface area contributed by atoms with Crippen LogP contribution in [0.1, 0.15) is 25.0 Å². The van der Waals surface area contributed by atoms with E-state index in [1.165, 1.54) is 11.1 Å². The van der Waals surface area contributed by atoms with Crippen LogP contribution >= 0.6 is 0 Å². The van der Waals surface area contributed by atoms with Crippen LogP contribution in [0.15, 0.2) is 24.4 Å². The zero-order valence-corrected chi connectivity index (χ0v) is 8.70. The second kappa shape index (κ2) is 3.37. The predicted molar refractivity (Wildman–Crippen MR) is 60.6 cm³/mol. The molecule has 1 aromatic rings. The summed E-state index contributed by atoms with van der Waals surface area (Å²) in [6, 6.07) is 6.61. The molecule has 0 fully saturated rings. The minimum atomic E-state index is 0.527. The summed E-state index contributed by atoms with van der Waals surface area (Å²) in [5.41, 5.74) is 9.35. The summed E-state index contributed by atoms with van der Waals surface area (Å²) in [5, 5.41) is 0. The number of hydrogen-bond acceptors (Lipinski definition) is 2. The fourth-order valence-corrected chi connectivity index (χ4v) is 1.73. The molecule has 1 aliphatic rings. The molecule has 0 spiro atoms. The van der Waals surface area contributed by atoms with Crippen LogP contribution in [0, 0.1) is 0 Å². The number of rotatable bonds is 1. The van der Waals surface area contributed by atoms with Crippen molar-refractivity contribution >= 4 is 11.8 Å². The maximum Gasteiger partial charge on any atom is 0.0453 e. The Morgan fingerprint density at radius 2 is 2.14 bits per heavy atom. The standard InChI is InChI=1S/C12H16N2/c1-9(2)14-7-6-10-4-3-5-12(13)11(10)8-14/h3-7,9H,8,13H2,1-2H3. The highest BCUT2D eigenvalue weighted by Gasteiger charge is 2.14. The molecular formula is C12H16N2.